The molecule has 9 nitrogen and oxygen atoms in total. The Hall–Kier alpha value is -3.47. The van der Waals surface area contributed by atoms with Gasteiger partial charge in [-0.05, 0) is 31.4 Å². The van der Waals surface area contributed by atoms with E-state index in [1.807, 2.05) is 0 Å². The minimum absolute atomic E-state index is 0.102. The Morgan fingerprint density at radius 3 is 2.76 bits per heavy atom. The van der Waals surface area contributed by atoms with Crippen molar-refractivity contribution in [1.29, 1.82) is 0 Å². The molecule has 0 saturated carbocycles. The molecule has 2 bridgehead atoms. The highest BCUT2D eigenvalue weighted by molar-refractivity contribution is 5.71. The van der Waals surface area contributed by atoms with Gasteiger partial charge in [0.15, 0.2) is 17.6 Å². The second-order valence-electron chi connectivity index (χ2n) is 8.58. The summed E-state index contributed by atoms with van der Waals surface area (Å²) in [6, 6.07) is 5.49. The third-order valence-corrected chi connectivity index (χ3v) is 6.58. The van der Waals surface area contributed by atoms with Gasteiger partial charge in [0.1, 0.15) is 11.9 Å². The molecule has 1 aromatic carbocycles. The Bertz CT molecular complexity index is 1250. The highest BCUT2D eigenvalue weighted by Crippen LogP contribution is 2.34. The number of hydrogen-bond acceptors (Lipinski definition) is 8. The Labute approximate surface area is 188 Å². The van der Waals surface area contributed by atoms with Crippen LogP contribution in [0.4, 0.5) is 14.6 Å². The first-order valence-corrected chi connectivity index (χ1v) is 10.7. The van der Waals surface area contributed by atoms with E-state index in [1.165, 1.54) is 19.3 Å². The van der Waals surface area contributed by atoms with Crippen molar-refractivity contribution >= 4 is 5.82 Å². The Morgan fingerprint density at radius 1 is 1.24 bits per heavy atom. The summed E-state index contributed by atoms with van der Waals surface area (Å²) in [5, 5.41) is 22.1. The normalized spacial score (nSPS) is 24.1. The summed E-state index contributed by atoms with van der Waals surface area (Å²) in [7, 11) is 3.07. The second-order valence-corrected chi connectivity index (χ2v) is 8.58. The third kappa shape index (κ3) is 3.82. The van der Waals surface area contributed by atoms with E-state index in [0.717, 1.165) is 23.5 Å². The summed E-state index contributed by atoms with van der Waals surface area (Å²) in [6.07, 6.45) is 3.02. The highest BCUT2D eigenvalue weighted by atomic mass is 19.1. The fraction of sp³-hybridized carbons (Fsp3) is 0.409. The summed E-state index contributed by atoms with van der Waals surface area (Å²) in [4.78, 5) is 21.7. The summed E-state index contributed by atoms with van der Waals surface area (Å²) >= 11 is 0. The zero-order chi connectivity index (χ0) is 23.3. The standard InChI is InChI=1S/C22H23F2N7O2/c1-30(16-8-12-4-6-14(26-12)20(16)24)19-10-25-21(29-28-19)13-5-3-11(7-17(13)32)15-9-18(23)31(2)22(33)27-15/h3,5,7,9-10,12,14,16,20,26,32H,4,6,8H2,1-2H3/t12-,14+,16+,20-/m0/s1. The number of piperidine rings is 1. The van der Waals surface area contributed by atoms with E-state index < -0.39 is 17.8 Å². The van der Waals surface area contributed by atoms with Gasteiger partial charge in [0.05, 0.1) is 23.5 Å². The van der Waals surface area contributed by atoms with Crippen LogP contribution in [0.25, 0.3) is 22.6 Å². The van der Waals surface area contributed by atoms with E-state index in [-0.39, 0.29) is 29.4 Å². The number of aromatic nitrogens is 5. The molecule has 0 unspecified atom stereocenters. The largest absolute Gasteiger partial charge is 0.507 e. The fourth-order valence-corrected chi connectivity index (χ4v) is 4.61. The van der Waals surface area contributed by atoms with Crippen LogP contribution in [0, 0.1) is 5.95 Å². The molecular weight excluding hydrogens is 432 g/mol. The lowest BCUT2D eigenvalue weighted by molar-refractivity contribution is 0.176. The number of phenols is 1. The van der Waals surface area contributed by atoms with Crippen LogP contribution in [0.5, 0.6) is 5.75 Å². The molecule has 33 heavy (non-hydrogen) atoms. The van der Waals surface area contributed by atoms with Gasteiger partial charge in [-0.3, -0.25) is 4.57 Å². The SMILES string of the molecule is CN(c1cnc(-c2ccc(-c3cc(F)n(C)c(=O)n3)cc2O)nn1)[C@@H]1C[C@@H]2CC[C@@H](N2)[C@@H]1F. The lowest BCUT2D eigenvalue weighted by Crippen LogP contribution is -2.55. The Balaban J connectivity index is 1.37. The van der Waals surface area contributed by atoms with Crippen molar-refractivity contribution in [1.82, 2.24) is 30.0 Å². The third-order valence-electron chi connectivity index (χ3n) is 6.58. The molecule has 11 heteroatoms. The zero-order valence-corrected chi connectivity index (χ0v) is 18.1. The number of rotatable bonds is 4. The van der Waals surface area contributed by atoms with E-state index in [0.29, 0.717) is 29.4 Å². The lowest BCUT2D eigenvalue weighted by Gasteiger charge is -2.38. The molecule has 0 amide bonds. The van der Waals surface area contributed by atoms with E-state index in [1.54, 1.807) is 24.1 Å². The quantitative estimate of drug-likeness (QED) is 0.574. The zero-order valence-electron chi connectivity index (χ0n) is 18.1. The summed E-state index contributed by atoms with van der Waals surface area (Å²) in [6.45, 7) is 0. The Kier molecular flexibility index (Phi) is 5.28. The molecule has 4 heterocycles. The lowest BCUT2D eigenvalue weighted by atomic mass is 9.96. The minimum Gasteiger partial charge on any atom is -0.507 e. The van der Waals surface area contributed by atoms with Gasteiger partial charge in [0.2, 0.25) is 0 Å². The first-order chi connectivity index (χ1) is 15.8. The van der Waals surface area contributed by atoms with Gasteiger partial charge in [0.25, 0.3) is 0 Å². The topological polar surface area (TPSA) is 109 Å². The predicted molar refractivity (Wildman–Crippen MR) is 117 cm³/mol. The number of aromatic hydroxyl groups is 1. The minimum atomic E-state index is -1.000. The molecule has 2 fully saturated rings. The molecule has 0 radical (unpaired) electrons. The van der Waals surface area contributed by atoms with Crippen LogP contribution >= 0.6 is 0 Å². The average molecular weight is 455 g/mol. The van der Waals surface area contributed by atoms with Gasteiger partial charge in [-0.15, -0.1) is 10.2 Å². The molecule has 4 atom stereocenters. The molecule has 2 aromatic heterocycles. The first kappa shape index (κ1) is 21.4. The molecular formula is C22H23F2N7O2. The molecule has 2 saturated heterocycles. The maximum atomic E-state index is 14.9. The number of fused-ring (bicyclic) bond motifs is 2. The van der Waals surface area contributed by atoms with Crippen LogP contribution in [0.2, 0.25) is 0 Å². The van der Waals surface area contributed by atoms with Gasteiger partial charge in [-0.1, -0.05) is 6.07 Å². The van der Waals surface area contributed by atoms with Crippen molar-refractivity contribution in [2.75, 3.05) is 11.9 Å². The molecule has 2 aliphatic heterocycles. The predicted octanol–water partition coefficient (Wildman–Crippen LogP) is 1.81. The summed E-state index contributed by atoms with van der Waals surface area (Å²) < 4.78 is 29.5. The number of phenolic OH excluding ortho intramolecular Hbond substituents is 1. The van der Waals surface area contributed by atoms with E-state index in [4.69, 9.17) is 0 Å². The summed E-state index contributed by atoms with van der Waals surface area (Å²) in [5.41, 5.74) is 0.0444. The van der Waals surface area contributed by atoms with Crippen LogP contribution in [0.15, 0.2) is 35.3 Å². The smallest absolute Gasteiger partial charge is 0.350 e. The molecule has 172 valence electrons. The monoisotopic (exact) mass is 455 g/mol. The molecule has 2 N–H and O–H groups in total. The van der Waals surface area contributed by atoms with E-state index >= 15 is 0 Å². The van der Waals surface area contributed by atoms with Crippen molar-refractivity contribution in [2.24, 2.45) is 7.05 Å². The molecule has 0 spiro atoms. The first-order valence-electron chi connectivity index (χ1n) is 10.7. The van der Waals surface area contributed by atoms with Gasteiger partial charge >= 0.3 is 5.69 Å². The number of alkyl halides is 1. The van der Waals surface area contributed by atoms with Crippen molar-refractivity contribution in [3.63, 3.8) is 0 Å². The fourth-order valence-electron chi connectivity index (χ4n) is 4.61. The molecule has 5 rings (SSSR count). The van der Waals surface area contributed by atoms with Crippen molar-refractivity contribution < 1.29 is 13.9 Å². The second kappa shape index (κ2) is 8.14. The maximum absolute atomic E-state index is 14.9. The van der Waals surface area contributed by atoms with Gasteiger partial charge in [-0.2, -0.15) is 9.37 Å². The average Bonchev–Trinajstić information content (AvgIpc) is 3.22. The highest BCUT2D eigenvalue weighted by Gasteiger charge is 2.43. The van der Waals surface area contributed by atoms with Gasteiger partial charge in [0, 0.05) is 37.8 Å². The number of hydrogen-bond donors (Lipinski definition) is 2. The number of benzene rings is 1. The summed E-state index contributed by atoms with van der Waals surface area (Å²) in [5.74, 6) is -0.278. The van der Waals surface area contributed by atoms with Crippen LogP contribution in [0.3, 0.4) is 0 Å². The van der Waals surface area contributed by atoms with Crippen LogP contribution in [-0.2, 0) is 7.05 Å². The maximum Gasteiger partial charge on any atom is 0.350 e. The van der Waals surface area contributed by atoms with Crippen LogP contribution < -0.4 is 15.9 Å². The number of nitrogens with one attached hydrogen (secondary N) is 1. The van der Waals surface area contributed by atoms with Crippen LogP contribution in [-0.4, -0.2) is 61.2 Å². The molecule has 0 aliphatic carbocycles. The van der Waals surface area contributed by atoms with Crippen LogP contribution in [0.1, 0.15) is 19.3 Å². The van der Waals surface area contributed by atoms with E-state index in [9.17, 15) is 18.7 Å². The number of halogens is 2. The number of nitrogens with zero attached hydrogens (tertiary/aromatic N) is 6. The van der Waals surface area contributed by atoms with Crippen molar-refractivity contribution in [2.45, 2.75) is 43.6 Å². The van der Waals surface area contributed by atoms with Gasteiger partial charge < -0.3 is 15.3 Å². The molecule has 3 aromatic rings. The van der Waals surface area contributed by atoms with Crippen molar-refractivity contribution in [3.05, 3.63) is 46.9 Å². The van der Waals surface area contributed by atoms with Crippen molar-refractivity contribution in [3.8, 4) is 28.4 Å². The van der Waals surface area contributed by atoms with Gasteiger partial charge in [-0.25, -0.2) is 14.2 Å². The Morgan fingerprint density at radius 2 is 2.06 bits per heavy atom. The molecule has 2 aliphatic rings. The number of anilines is 1. The van der Waals surface area contributed by atoms with E-state index in [2.05, 4.69) is 25.5 Å².